The maximum absolute atomic E-state index is 3.52. The lowest BCUT2D eigenvalue weighted by molar-refractivity contribution is 0.743. The third-order valence-electron chi connectivity index (χ3n) is 2.04. The van der Waals surface area contributed by atoms with Crippen molar-refractivity contribution in [2.24, 2.45) is 0 Å². The summed E-state index contributed by atoms with van der Waals surface area (Å²) < 4.78 is 2.23. The molecule has 0 aromatic heterocycles. The van der Waals surface area contributed by atoms with Crippen LogP contribution in [0.2, 0.25) is 0 Å². The van der Waals surface area contributed by atoms with E-state index in [1.54, 1.807) is 0 Å². The van der Waals surface area contributed by atoms with Gasteiger partial charge in [-0.2, -0.15) is 0 Å². The van der Waals surface area contributed by atoms with Gasteiger partial charge in [-0.05, 0) is 50.4 Å². The summed E-state index contributed by atoms with van der Waals surface area (Å²) in [5, 5.41) is 3.42. The van der Waals surface area contributed by atoms with Crippen molar-refractivity contribution in [3.05, 3.63) is 27.1 Å². The van der Waals surface area contributed by atoms with Gasteiger partial charge >= 0.3 is 0 Å². The van der Waals surface area contributed by atoms with Crippen molar-refractivity contribution in [1.29, 1.82) is 0 Å². The number of rotatable bonds is 5. The molecule has 0 bridgehead atoms. The van der Waals surface area contributed by atoms with E-state index >= 15 is 0 Å². The monoisotopic (exact) mass is 319 g/mol. The van der Waals surface area contributed by atoms with Gasteiger partial charge in [-0.15, -0.1) is 0 Å². The summed E-state index contributed by atoms with van der Waals surface area (Å²) in [7, 11) is 0. The van der Waals surface area contributed by atoms with Crippen LogP contribution >= 0.6 is 31.9 Å². The Balaban J connectivity index is 2.49. The first kappa shape index (κ1) is 12.1. The van der Waals surface area contributed by atoms with Crippen LogP contribution in [0.4, 0.5) is 5.69 Å². The average molecular weight is 321 g/mol. The van der Waals surface area contributed by atoms with E-state index < -0.39 is 0 Å². The lowest BCUT2D eigenvalue weighted by Crippen LogP contribution is -2.02. The molecule has 14 heavy (non-hydrogen) atoms. The third kappa shape index (κ3) is 3.62. The molecule has 1 aromatic carbocycles. The van der Waals surface area contributed by atoms with Gasteiger partial charge in [0, 0.05) is 15.5 Å². The zero-order valence-corrected chi connectivity index (χ0v) is 11.5. The Morgan fingerprint density at radius 2 is 1.79 bits per heavy atom. The smallest absolute Gasteiger partial charge is 0.0628 e. The molecule has 1 rings (SSSR count). The molecule has 78 valence electrons. The van der Waals surface area contributed by atoms with Crippen LogP contribution in [0.3, 0.4) is 0 Å². The van der Waals surface area contributed by atoms with Crippen molar-refractivity contribution >= 4 is 37.5 Å². The fourth-order valence-electron chi connectivity index (χ4n) is 1.26. The number of nitrogens with one attached hydrogen (secondary N) is 1. The van der Waals surface area contributed by atoms with E-state index in [-0.39, 0.29) is 0 Å². The van der Waals surface area contributed by atoms with E-state index in [0.717, 1.165) is 21.2 Å². The van der Waals surface area contributed by atoms with Gasteiger partial charge in [0.1, 0.15) is 0 Å². The minimum atomic E-state index is 1.04. The Kier molecular flexibility index (Phi) is 5.56. The topological polar surface area (TPSA) is 12.0 Å². The van der Waals surface area contributed by atoms with E-state index in [4.69, 9.17) is 0 Å². The Labute approximate surface area is 103 Å². The normalized spacial score (nSPS) is 10.2. The number of hydrogen-bond donors (Lipinski definition) is 1. The second-order valence-electron chi connectivity index (χ2n) is 3.23. The highest BCUT2D eigenvalue weighted by atomic mass is 79.9. The minimum Gasteiger partial charge on any atom is -0.383 e. The van der Waals surface area contributed by atoms with Crippen molar-refractivity contribution in [2.75, 3.05) is 11.9 Å². The second kappa shape index (κ2) is 6.46. The fraction of sp³-hybridized carbons (Fsp3) is 0.455. The first-order valence-electron chi connectivity index (χ1n) is 4.93. The molecular weight excluding hydrogens is 306 g/mol. The molecule has 0 unspecified atom stereocenters. The van der Waals surface area contributed by atoms with E-state index in [1.165, 1.54) is 19.3 Å². The summed E-state index contributed by atoms with van der Waals surface area (Å²) >= 11 is 7.05. The van der Waals surface area contributed by atoms with Crippen LogP contribution in [0.25, 0.3) is 0 Å². The zero-order valence-electron chi connectivity index (χ0n) is 8.32. The van der Waals surface area contributed by atoms with Crippen molar-refractivity contribution < 1.29 is 0 Å². The summed E-state index contributed by atoms with van der Waals surface area (Å²) in [6.07, 6.45) is 3.78. The molecule has 1 N–H and O–H groups in total. The van der Waals surface area contributed by atoms with E-state index in [2.05, 4.69) is 44.1 Å². The summed E-state index contributed by atoms with van der Waals surface area (Å²) in [5.41, 5.74) is 1.16. The molecule has 0 heterocycles. The first-order valence-corrected chi connectivity index (χ1v) is 6.52. The number of unbranched alkanes of at least 4 members (excludes halogenated alkanes) is 2. The Morgan fingerprint density at radius 3 is 2.36 bits per heavy atom. The van der Waals surface area contributed by atoms with Gasteiger partial charge < -0.3 is 5.32 Å². The summed E-state index contributed by atoms with van der Waals surface area (Å²) in [6, 6.07) is 6.12. The van der Waals surface area contributed by atoms with E-state index in [9.17, 15) is 0 Å². The third-order valence-corrected chi connectivity index (χ3v) is 3.37. The SMILES string of the molecule is CCCCCNc1c(Br)cccc1Br. The number of para-hydroxylation sites is 1. The standard InChI is InChI=1S/C11H15Br2N/c1-2-3-4-8-14-11-9(12)6-5-7-10(11)13/h5-7,14H,2-4,8H2,1H3. The van der Waals surface area contributed by atoms with Crippen molar-refractivity contribution in [3.8, 4) is 0 Å². The number of anilines is 1. The highest BCUT2D eigenvalue weighted by molar-refractivity contribution is 9.11. The van der Waals surface area contributed by atoms with Gasteiger partial charge in [0.05, 0.1) is 5.69 Å². The average Bonchev–Trinajstić information content (AvgIpc) is 2.16. The summed E-state index contributed by atoms with van der Waals surface area (Å²) in [4.78, 5) is 0. The molecule has 0 aliphatic heterocycles. The minimum absolute atomic E-state index is 1.04. The maximum atomic E-state index is 3.52. The highest BCUT2D eigenvalue weighted by Crippen LogP contribution is 2.30. The molecule has 0 aliphatic carbocycles. The van der Waals surface area contributed by atoms with Gasteiger partial charge in [0.15, 0.2) is 0 Å². The van der Waals surface area contributed by atoms with Gasteiger partial charge in [0.2, 0.25) is 0 Å². The second-order valence-corrected chi connectivity index (χ2v) is 4.94. The van der Waals surface area contributed by atoms with Gasteiger partial charge in [-0.3, -0.25) is 0 Å². The molecule has 3 heteroatoms. The molecular formula is C11H15Br2N. The highest BCUT2D eigenvalue weighted by Gasteiger charge is 2.02. The number of benzene rings is 1. The Morgan fingerprint density at radius 1 is 1.14 bits per heavy atom. The fourth-order valence-corrected chi connectivity index (χ4v) is 2.53. The summed E-state index contributed by atoms with van der Waals surface area (Å²) in [5.74, 6) is 0. The lowest BCUT2D eigenvalue weighted by atomic mass is 10.2. The molecule has 0 radical (unpaired) electrons. The largest absolute Gasteiger partial charge is 0.383 e. The van der Waals surface area contributed by atoms with Crippen LogP contribution in [-0.2, 0) is 0 Å². The quantitative estimate of drug-likeness (QED) is 0.767. The van der Waals surface area contributed by atoms with E-state index in [0.29, 0.717) is 0 Å². The Hall–Kier alpha value is -0.0200. The lowest BCUT2D eigenvalue weighted by Gasteiger charge is -2.09. The van der Waals surface area contributed by atoms with Crippen LogP contribution in [0.1, 0.15) is 26.2 Å². The molecule has 0 saturated carbocycles. The van der Waals surface area contributed by atoms with Crippen LogP contribution in [0, 0.1) is 0 Å². The molecule has 0 fully saturated rings. The molecule has 0 amide bonds. The van der Waals surface area contributed by atoms with Gasteiger partial charge in [0.25, 0.3) is 0 Å². The molecule has 0 saturated heterocycles. The number of halogens is 2. The zero-order chi connectivity index (χ0) is 10.4. The van der Waals surface area contributed by atoms with Crippen molar-refractivity contribution in [2.45, 2.75) is 26.2 Å². The van der Waals surface area contributed by atoms with Crippen LogP contribution in [0.15, 0.2) is 27.1 Å². The summed E-state index contributed by atoms with van der Waals surface area (Å²) in [6.45, 7) is 3.25. The number of hydrogen-bond acceptors (Lipinski definition) is 1. The van der Waals surface area contributed by atoms with Gasteiger partial charge in [-0.25, -0.2) is 0 Å². The molecule has 1 nitrogen and oxygen atoms in total. The van der Waals surface area contributed by atoms with Crippen LogP contribution in [-0.4, -0.2) is 6.54 Å². The molecule has 0 spiro atoms. The van der Waals surface area contributed by atoms with Crippen LogP contribution < -0.4 is 5.32 Å². The maximum Gasteiger partial charge on any atom is 0.0628 e. The molecule has 0 aliphatic rings. The predicted octanol–water partition coefficient (Wildman–Crippen LogP) is 4.81. The van der Waals surface area contributed by atoms with Gasteiger partial charge in [-0.1, -0.05) is 25.8 Å². The van der Waals surface area contributed by atoms with Crippen molar-refractivity contribution in [3.63, 3.8) is 0 Å². The Bertz CT molecular complexity index is 266. The van der Waals surface area contributed by atoms with Crippen LogP contribution in [0.5, 0.6) is 0 Å². The van der Waals surface area contributed by atoms with Crippen molar-refractivity contribution in [1.82, 2.24) is 0 Å². The molecule has 0 atom stereocenters. The first-order chi connectivity index (χ1) is 6.75. The molecule has 1 aromatic rings. The predicted molar refractivity (Wildman–Crippen MR) is 69.9 cm³/mol. The van der Waals surface area contributed by atoms with E-state index in [1.807, 2.05) is 18.2 Å².